The predicted molar refractivity (Wildman–Crippen MR) is 50.3 cm³/mol. The molecule has 1 N–H and O–H groups in total. The first-order valence-corrected chi connectivity index (χ1v) is 4.59. The van der Waals surface area contributed by atoms with Crippen LogP contribution in [0.4, 0.5) is 0 Å². The van der Waals surface area contributed by atoms with E-state index < -0.39 is 11.9 Å². The molecule has 3 nitrogen and oxygen atoms in total. The van der Waals surface area contributed by atoms with Gasteiger partial charge in [-0.05, 0) is 18.4 Å². The second-order valence-corrected chi connectivity index (χ2v) is 3.22. The van der Waals surface area contributed by atoms with Gasteiger partial charge in [0.1, 0.15) is 0 Å². The summed E-state index contributed by atoms with van der Waals surface area (Å²) in [6, 6.07) is 9.34. The number of hydrogen-bond acceptors (Lipinski definition) is 3. The zero-order valence-corrected chi connectivity index (χ0v) is 10.8. The SMILES string of the molecule is O=C([O-])C(CCO)Cc1ccccc1.[Na+]. The van der Waals surface area contributed by atoms with Crippen molar-refractivity contribution in [1.29, 1.82) is 0 Å². The molecule has 0 spiro atoms. The number of aliphatic carboxylic acids is 1. The molecular weight excluding hydrogens is 203 g/mol. The summed E-state index contributed by atoms with van der Waals surface area (Å²) in [5, 5.41) is 19.3. The molecule has 0 aliphatic carbocycles. The maximum atomic E-state index is 10.7. The average Bonchev–Trinajstić information content (AvgIpc) is 2.18. The summed E-state index contributed by atoms with van der Waals surface area (Å²) in [5.41, 5.74) is 0.954. The van der Waals surface area contributed by atoms with Crippen LogP contribution in [0.15, 0.2) is 30.3 Å². The Balaban J connectivity index is 0.00000196. The largest absolute Gasteiger partial charge is 1.00 e. The third-order valence-corrected chi connectivity index (χ3v) is 2.14. The minimum atomic E-state index is -1.09. The molecule has 0 fully saturated rings. The Hall–Kier alpha value is -0.350. The van der Waals surface area contributed by atoms with Crippen molar-refractivity contribution >= 4 is 5.97 Å². The molecule has 0 saturated heterocycles. The molecular formula is C11H13NaO3. The van der Waals surface area contributed by atoms with Crippen molar-refractivity contribution in [3.05, 3.63) is 35.9 Å². The van der Waals surface area contributed by atoms with Gasteiger partial charge in [0.2, 0.25) is 0 Å². The summed E-state index contributed by atoms with van der Waals surface area (Å²) < 4.78 is 0. The Bertz CT molecular complexity index is 287. The number of carbonyl (C=O) groups is 1. The Kier molecular flexibility index (Phi) is 7.70. The van der Waals surface area contributed by atoms with E-state index in [1.54, 1.807) is 0 Å². The fourth-order valence-corrected chi connectivity index (χ4v) is 1.36. The number of carboxylic acid groups (broad SMARTS) is 1. The van der Waals surface area contributed by atoms with Gasteiger partial charge in [-0.2, -0.15) is 0 Å². The van der Waals surface area contributed by atoms with Crippen LogP contribution in [0, 0.1) is 5.92 Å². The number of hydrogen-bond donors (Lipinski definition) is 1. The topological polar surface area (TPSA) is 60.4 Å². The molecule has 0 saturated carbocycles. The second-order valence-electron chi connectivity index (χ2n) is 3.22. The van der Waals surface area contributed by atoms with Crippen molar-refractivity contribution in [2.24, 2.45) is 5.92 Å². The molecule has 1 aromatic carbocycles. The van der Waals surface area contributed by atoms with Gasteiger partial charge in [-0.15, -0.1) is 0 Å². The molecule has 0 heterocycles. The predicted octanol–water partition coefficient (Wildman–Crippen LogP) is -3.02. The number of aliphatic hydroxyl groups is 1. The Labute approximate surface area is 111 Å². The summed E-state index contributed by atoms with van der Waals surface area (Å²) in [6.07, 6.45) is 0.668. The number of carboxylic acids is 1. The van der Waals surface area contributed by atoms with E-state index in [1.807, 2.05) is 30.3 Å². The standard InChI is InChI=1S/C11H14O3.Na/c12-7-6-10(11(13)14)8-9-4-2-1-3-5-9;/h1-5,10,12H,6-8H2,(H,13,14);/q;+1/p-1. The summed E-state index contributed by atoms with van der Waals surface area (Å²) in [5.74, 6) is -1.69. The third-order valence-electron chi connectivity index (χ3n) is 2.14. The maximum absolute atomic E-state index is 10.7. The van der Waals surface area contributed by atoms with Crippen LogP contribution in [0.5, 0.6) is 0 Å². The van der Waals surface area contributed by atoms with E-state index in [-0.39, 0.29) is 42.6 Å². The van der Waals surface area contributed by atoms with Crippen LogP contribution in [-0.4, -0.2) is 17.7 Å². The minimum absolute atomic E-state index is 0. The van der Waals surface area contributed by atoms with Crippen LogP contribution in [0.2, 0.25) is 0 Å². The van der Waals surface area contributed by atoms with E-state index in [0.29, 0.717) is 6.42 Å². The number of rotatable bonds is 5. The molecule has 0 bridgehead atoms. The summed E-state index contributed by atoms with van der Waals surface area (Å²) >= 11 is 0. The first kappa shape index (κ1) is 14.6. The zero-order valence-electron chi connectivity index (χ0n) is 8.85. The van der Waals surface area contributed by atoms with Gasteiger partial charge in [-0.25, -0.2) is 0 Å². The first-order chi connectivity index (χ1) is 6.74. The average molecular weight is 216 g/mol. The molecule has 1 unspecified atom stereocenters. The van der Waals surface area contributed by atoms with Gasteiger partial charge >= 0.3 is 29.6 Å². The quantitative estimate of drug-likeness (QED) is 0.533. The first-order valence-electron chi connectivity index (χ1n) is 4.59. The molecule has 1 aromatic rings. The fraction of sp³-hybridized carbons (Fsp3) is 0.364. The van der Waals surface area contributed by atoms with Crippen molar-refractivity contribution in [3.8, 4) is 0 Å². The van der Waals surface area contributed by atoms with Crippen LogP contribution in [-0.2, 0) is 11.2 Å². The summed E-state index contributed by atoms with van der Waals surface area (Å²) in [6.45, 7) is -0.120. The Morgan fingerprint density at radius 2 is 1.93 bits per heavy atom. The molecule has 1 rings (SSSR count). The molecule has 4 heteroatoms. The number of carbonyl (C=O) groups excluding carboxylic acids is 1. The number of benzene rings is 1. The van der Waals surface area contributed by atoms with E-state index in [9.17, 15) is 9.90 Å². The van der Waals surface area contributed by atoms with Crippen LogP contribution in [0.3, 0.4) is 0 Å². The van der Waals surface area contributed by atoms with E-state index >= 15 is 0 Å². The Morgan fingerprint density at radius 3 is 2.40 bits per heavy atom. The molecule has 0 radical (unpaired) electrons. The van der Waals surface area contributed by atoms with Gasteiger partial charge in [0.05, 0.1) is 0 Å². The minimum Gasteiger partial charge on any atom is -0.550 e. The summed E-state index contributed by atoms with van der Waals surface area (Å²) in [7, 11) is 0. The van der Waals surface area contributed by atoms with E-state index in [1.165, 1.54) is 0 Å². The molecule has 76 valence electrons. The molecule has 0 aliphatic heterocycles. The van der Waals surface area contributed by atoms with E-state index in [0.717, 1.165) is 5.56 Å². The number of aliphatic hydroxyl groups excluding tert-OH is 1. The van der Waals surface area contributed by atoms with Gasteiger partial charge in [-0.1, -0.05) is 30.3 Å². The molecule has 0 aromatic heterocycles. The van der Waals surface area contributed by atoms with Gasteiger partial charge < -0.3 is 15.0 Å². The van der Waals surface area contributed by atoms with Crippen LogP contribution in [0.1, 0.15) is 12.0 Å². The molecule has 0 amide bonds. The maximum Gasteiger partial charge on any atom is 1.00 e. The van der Waals surface area contributed by atoms with Crippen molar-refractivity contribution in [2.75, 3.05) is 6.61 Å². The van der Waals surface area contributed by atoms with Crippen LogP contribution in [0.25, 0.3) is 0 Å². The monoisotopic (exact) mass is 216 g/mol. The van der Waals surface area contributed by atoms with Crippen molar-refractivity contribution in [2.45, 2.75) is 12.8 Å². The van der Waals surface area contributed by atoms with Gasteiger partial charge in [0, 0.05) is 18.5 Å². The molecule has 15 heavy (non-hydrogen) atoms. The van der Waals surface area contributed by atoms with E-state index in [4.69, 9.17) is 5.11 Å². The second kappa shape index (κ2) is 7.88. The van der Waals surface area contributed by atoms with Gasteiger partial charge in [0.25, 0.3) is 0 Å². The molecule has 0 aliphatic rings. The smallest absolute Gasteiger partial charge is 0.550 e. The van der Waals surface area contributed by atoms with Crippen molar-refractivity contribution in [3.63, 3.8) is 0 Å². The zero-order chi connectivity index (χ0) is 10.4. The van der Waals surface area contributed by atoms with Crippen LogP contribution < -0.4 is 34.7 Å². The fourth-order valence-electron chi connectivity index (χ4n) is 1.36. The van der Waals surface area contributed by atoms with Gasteiger partial charge in [-0.3, -0.25) is 0 Å². The van der Waals surface area contributed by atoms with Gasteiger partial charge in [0.15, 0.2) is 0 Å². The van der Waals surface area contributed by atoms with E-state index in [2.05, 4.69) is 0 Å². The third kappa shape index (κ3) is 5.33. The van der Waals surface area contributed by atoms with Crippen LogP contribution >= 0.6 is 0 Å². The van der Waals surface area contributed by atoms with Crippen molar-refractivity contribution < 1.29 is 44.6 Å². The van der Waals surface area contributed by atoms with Crippen molar-refractivity contribution in [1.82, 2.24) is 0 Å². The summed E-state index contributed by atoms with van der Waals surface area (Å²) in [4.78, 5) is 10.7. The normalized spacial score (nSPS) is 11.5. The molecule has 1 atom stereocenters. The Morgan fingerprint density at radius 1 is 1.33 bits per heavy atom.